The van der Waals surface area contributed by atoms with Gasteiger partial charge in [0.1, 0.15) is 6.26 Å². The molecule has 118 valence electrons. The number of fused-ring (bicyclic) bond motifs is 4. The summed E-state index contributed by atoms with van der Waals surface area (Å²) in [6.07, 6.45) is 4.29. The van der Waals surface area contributed by atoms with Crippen molar-refractivity contribution < 1.29 is 4.52 Å². The third-order valence-corrected chi connectivity index (χ3v) is 5.38. The van der Waals surface area contributed by atoms with Crippen molar-refractivity contribution in [2.24, 2.45) is 0 Å². The predicted molar refractivity (Wildman–Crippen MR) is 91.1 cm³/mol. The van der Waals surface area contributed by atoms with Crippen molar-refractivity contribution in [3.8, 4) is 0 Å². The van der Waals surface area contributed by atoms with Crippen LogP contribution in [0.25, 0.3) is 21.8 Å². The van der Waals surface area contributed by atoms with Crippen molar-refractivity contribution in [1.82, 2.24) is 15.0 Å². The third kappa shape index (κ3) is 2.11. The normalized spacial score (nSPS) is 22.1. The zero-order valence-electron chi connectivity index (χ0n) is 12.7. The largest absolute Gasteiger partial charge is 0.363 e. The molecule has 1 unspecified atom stereocenters. The lowest BCUT2D eigenvalue weighted by Gasteiger charge is -2.38. The van der Waals surface area contributed by atoms with E-state index in [0.29, 0.717) is 11.1 Å². The highest BCUT2D eigenvalue weighted by Crippen LogP contribution is 2.33. The summed E-state index contributed by atoms with van der Waals surface area (Å²) < 4.78 is 5.26. The number of hydrogen-bond donors (Lipinski definition) is 0. The van der Waals surface area contributed by atoms with Gasteiger partial charge in [-0.05, 0) is 37.6 Å². The second-order valence-corrected chi connectivity index (χ2v) is 6.89. The highest BCUT2D eigenvalue weighted by atomic mass is 35.5. The SMILES string of the molecule is Clc1ccc2nc(N3CCN4CCCC4C3)c3nocc3c2c1. The molecule has 1 atom stereocenters. The van der Waals surface area contributed by atoms with Crippen LogP contribution in [0.2, 0.25) is 5.02 Å². The van der Waals surface area contributed by atoms with Gasteiger partial charge in [-0.2, -0.15) is 0 Å². The van der Waals surface area contributed by atoms with E-state index in [4.69, 9.17) is 21.1 Å². The number of hydrogen-bond acceptors (Lipinski definition) is 5. The van der Waals surface area contributed by atoms with Crippen LogP contribution in [-0.4, -0.2) is 47.3 Å². The summed E-state index contributed by atoms with van der Waals surface area (Å²) in [5.41, 5.74) is 1.78. The van der Waals surface area contributed by atoms with Gasteiger partial charge < -0.3 is 9.42 Å². The maximum absolute atomic E-state index is 6.14. The van der Waals surface area contributed by atoms with Gasteiger partial charge in [-0.3, -0.25) is 4.90 Å². The summed E-state index contributed by atoms with van der Waals surface area (Å²) in [6, 6.07) is 6.43. The summed E-state index contributed by atoms with van der Waals surface area (Å²) >= 11 is 6.14. The number of benzene rings is 1. The quantitative estimate of drug-likeness (QED) is 0.685. The molecule has 0 bridgehead atoms. The average Bonchev–Trinajstić information content (AvgIpc) is 3.22. The minimum absolute atomic E-state index is 0.647. The molecular weight excluding hydrogens is 312 g/mol. The number of pyridine rings is 1. The molecule has 23 heavy (non-hydrogen) atoms. The first kappa shape index (κ1) is 13.6. The minimum Gasteiger partial charge on any atom is -0.363 e. The van der Waals surface area contributed by atoms with Crippen LogP contribution in [0.1, 0.15) is 12.8 Å². The summed E-state index contributed by atoms with van der Waals surface area (Å²) in [7, 11) is 0. The monoisotopic (exact) mass is 328 g/mol. The van der Waals surface area contributed by atoms with E-state index >= 15 is 0 Å². The fraction of sp³-hybridized carbons (Fsp3) is 0.412. The van der Waals surface area contributed by atoms with Gasteiger partial charge in [0.15, 0.2) is 11.3 Å². The van der Waals surface area contributed by atoms with Gasteiger partial charge in [0.2, 0.25) is 0 Å². The Kier molecular flexibility index (Phi) is 3.00. The van der Waals surface area contributed by atoms with Gasteiger partial charge in [-0.25, -0.2) is 4.98 Å². The summed E-state index contributed by atoms with van der Waals surface area (Å²) in [5, 5.41) is 6.91. The lowest BCUT2D eigenvalue weighted by Crippen LogP contribution is -2.50. The van der Waals surface area contributed by atoms with Crippen LogP contribution in [0.4, 0.5) is 5.82 Å². The predicted octanol–water partition coefficient (Wildman–Crippen LogP) is 3.31. The van der Waals surface area contributed by atoms with Gasteiger partial charge in [0, 0.05) is 36.1 Å². The van der Waals surface area contributed by atoms with E-state index in [9.17, 15) is 0 Å². The Morgan fingerprint density at radius 3 is 3.09 bits per heavy atom. The fourth-order valence-electron chi connectivity index (χ4n) is 3.98. The molecule has 2 aliphatic heterocycles. The molecule has 2 aromatic heterocycles. The molecule has 0 radical (unpaired) electrons. The molecule has 0 N–H and O–H groups in total. The fourth-order valence-corrected chi connectivity index (χ4v) is 4.15. The van der Waals surface area contributed by atoms with E-state index in [1.165, 1.54) is 19.4 Å². The van der Waals surface area contributed by atoms with E-state index in [1.807, 2.05) is 18.2 Å². The van der Waals surface area contributed by atoms with Crippen LogP contribution >= 0.6 is 11.6 Å². The van der Waals surface area contributed by atoms with E-state index in [1.54, 1.807) is 6.26 Å². The maximum Gasteiger partial charge on any atom is 0.159 e. The van der Waals surface area contributed by atoms with E-state index in [0.717, 1.165) is 47.3 Å². The van der Waals surface area contributed by atoms with Gasteiger partial charge in [-0.15, -0.1) is 0 Å². The van der Waals surface area contributed by atoms with Crippen molar-refractivity contribution in [3.63, 3.8) is 0 Å². The Morgan fingerprint density at radius 2 is 2.13 bits per heavy atom. The van der Waals surface area contributed by atoms with Crippen LogP contribution < -0.4 is 4.90 Å². The van der Waals surface area contributed by atoms with Crippen LogP contribution in [0.5, 0.6) is 0 Å². The van der Waals surface area contributed by atoms with E-state index in [-0.39, 0.29) is 0 Å². The Balaban J connectivity index is 1.65. The van der Waals surface area contributed by atoms with E-state index in [2.05, 4.69) is 15.0 Å². The lowest BCUT2D eigenvalue weighted by atomic mass is 10.1. The maximum atomic E-state index is 6.14. The van der Waals surface area contributed by atoms with Gasteiger partial charge in [-0.1, -0.05) is 16.8 Å². The van der Waals surface area contributed by atoms with E-state index < -0.39 is 0 Å². The standard InChI is InChI=1S/C17H17ClN4O/c18-11-3-4-15-13(8-11)14-10-23-20-16(14)17(19-15)22-7-6-21-5-1-2-12(21)9-22/h3-4,8,10,12H,1-2,5-7,9H2. The molecule has 6 heteroatoms. The Labute approximate surface area is 138 Å². The molecule has 3 aromatic rings. The minimum atomic E-state index is 0.647. The van der Waals surface area contributed by atoms with Crippen molar-refractivity contribution in [2.75, 3.05) is 31.1 Å². The molecule has 0 aliphatic carbocycles. The van der Waals surface area contributed by atoms with Crippen LogP contribution in [0.15, 0.2) is 29.0 Å². The summed E-state index contributed by atoms with van der Waals surface area (Å²) in [5.74, 6) is 0.940. The Bertz CT molecular complexity index is 893. The molecule has 4 heterocycles. The van der Waals surface area contributed by atoms with Crippen molar-refractivity contribution in [1.29, 1.82) is 0 Å². The van der Waals surface area contributed by atoms with Gasteiger partial charge in [0.05, 0.1) is 10.9 Å². The average molecular weight is 329 g/mol. The number of halogens is 1. The lowest BCUT2D eigenvalue weighted by molar-refractivity contribution is 0.230. The van der Waals surface area contributed by atoms with Gasteiger partial charge >= 0.3 is 0 Å². The Morgan fingerprint density at radius 1 is 1.17 bits per heavy atom. The van der Waals surface area contributed by atoms with Crippen LogP contribution in [0, 0.1) is 0 Å². The highest BCUT2D eigenvalue weighted by Gasteiger charge is 2.32. The van der Waals surface area contributed by atoms with Crippen LogP contribution in [-0.2, 0) is 0 Å². The van der Waals surface area contributed by atoms with Gasteiger partial charge in [0.25, 0.3) is 0 Å². The zero-order valence-corrected chi connectivity index (χ0v) is 13.5. The molecule has 5 nitrogen and oxygen atoms in total. The first-order valence-corrected chi connectivity index (χ1v) is 8.50. The van der Waals surface area contributed by atoms with Crippen molar-refractivity contribution in [3.05, 3.63) is 29.5 Å². The zero-order chi connectivity index (χ0) is 15.4. The molecule has 0 saturated carbocycles. The number of anilines is 1. The molecule has 0 amide bonds. The molecule has 5 rings (SSSR count). The molecule has 1 aromatic carbocycles. The third-order valence-electron chi connectivity index (χ3n) is 5.14. The number of rotatable bonds is 1. The number of piperazine rings is 1. The topological polar surface area (TPSA) is 45.4 Å². The smallest absolute Gasteiger partial charge is 0.159 e. The second-order valence-electron chi connectivity index (χ2n) is 6.45. The first-order chi connectivity index (χ1) is 11.3. The van der Waals surface area contributed by atoms with Crippen molar-refractivity contribution in [2.45, 2.75) is 18.9 Å². The van der Waals surface area contributed by atoms with Crippen LogP contribution in [0.3, 0.4) is 0 Å². The van der Waals surface area contributed by atoms with Crippen molar-refractivity contribution >= 4 is 39.2 Å². The Hall–Kier alpha value is -1.85. The number of aromatic nitrogens is 2. The highest BCUT2D eigenvalue weighted by molar-refractivity contribution is 6.31. The molecular formula is C17H17ClN4O. The molecule has 2 aliphatic rings. The molecule has 2 fully saturated rings. The molecule has 0 spiro atoms. The first-order valence-electron chi connectivity index (χ1n) is 8.12. The number of nitrogens with zero attached hydrogens (tertiary/aromatic N) is 4. The second kappa shape index (κ2) is 5.08. The molecule has 2 saturated heterocycles. The summed E-state index contributed by atoms with van der Waals surface area (Å²) in [4.78, 5) is 9.84. The summed E-state index contributed by atoms with van der Waals surface area (Å²) in [6.45, 7) is 4.35.